The van der Waals surface area contributed by atoms with Crippen molar-refractivity contribution in [1.82, 2.24) is 15.5 Å². The van der Waals surface area contributed by atoms with Gasteiger partial charge in [0, 0.05) is 26.1 Å². The molecule has 0 radical (unpaired) electrons. The number of rotatable bonds is 7. The van der Waals surface area contributed by atoms with Crippen molar-refractivity contribution >= 4 is 29.5 Å². The number of carbonyl (C=O) groups is 3. The van der Waals surface area contributed by atoms with Crippen molar-refractivity contribution in [1.29, 1.82) is 0 Å². The van der Waals surface area contributed by atoms with E-state index >= 15 is 0 Å². The normalized spacial score (nSPS) is 16.3. The molecule has 1 aliphatic heterocycles. The molecule has 0 aliphatic carbocycles. The molecule has 138 valence electrons. The Hall–Kier alpha value is -1.96. The summed E-state index contributed by atoms with van der Waals surface area (Å²) in [6.07, 6.45) is 5.39. The molecule has 1 aliphatic rings. The lowest BCUT2D eigenvalue weighted by molar-refractivity contribution is -0.130. The maximum absolute atomic E-state index is 12.6. The van der Waals surface area contributed by atoms with Crippen molar-refractivity contribution in [2.24, 2.45) is 0 Å². The molecule has 0 aromatic carbocycles. The van der Waals surface area contributed by atoms with E-state index in [1.807, 2.05) is 6.26 Å². The largest absolute Gasteiger partial charge is 0.459 e. The van der Waals surface area contributed by atoms with Crippen LogP contribution in [-0.4, -0.2) is 59.8 Å². The second-order valence-corrected chi connectivity index (χ2v) is 7.06. The van der Waals surface area contributed by atoms with Crippen LogP contribution in [0.25, 0.3) is 0 Å². The van der Waals surface area contributed by atoms with Crippen molar-refractivity contribution in [3.05, 3.63) is 24.2 Å². The van der Waals surface area contributed by atoms with Gasteiger partial charge in [-0.2, -0.15) is 11.8 Å². The smallest absolute Gasteiger partial charge is 0.287 e. The Morgan fingerprint density at radius 2 is 2.08 bits per heavy atom. The molecule has 0 bridgehead atoms. The highest BCUT2D eigenvalue weighted by Gasteiger charge is 2.27. The van der Waals surface area contributed by atoms with Crippen LogP contribution in [0, 0.1) is 0 Å². The van der Waals surface area contributed by atoms with Crippen molar-refractivity contribution in [2.45, 2.75) is 38.3 Å². The minimum atomic E-state index is -0.601. The fourth-order valence-corrected chi connectivity index (χ4v) is 3.25. The van der Waals surface area contributed by atoms with E-state index in [9.17, 15) is 14.4 Å². The van der Waals surface area contributed by atoms with Gasteiger partial charge in [-0.1, -0.05) is 0 Å². The molecule has 1 saturated heterocycles. The zero-order valence-electron chi connectivity index (χ0n) is 14.6. The van der Waals surface area contributed by atoms with E-state index in [2.05, 4.69) is 10.6 Å². The molecule has 2 rings (SSSR count). The van der Waals surface area contributed by atoms with E-state index in [0.29, 0.717) is 19.5 Å². The van der Waals surface area contributed by atoms with Crippen LogP contribution in [0.4, 0.5) is 0 Å². The number of furan rings is 1. The first-order valence-corrected chi connectivity index (χ1v) is 9.80. The lowest BCUT2D eigenvalue weighted by atomic mass is 10.0. The van der Waals surface area contributed by atoms with Crippen LogP contribution < -0.4 is 10.6 Å². The zero-order valence-corrected chi connectivity index (χ0v) is 15.4. The number of piperidine rings is 1. The number of likely N-dealkylation sites (tertiary alicyclic amines) is 1. The lowest BCUT2D eigenvalue weighted by Gasteiger charge is -2.32. The van der Waals surface area contributed by atoms with E-state index in [1.54, 1.807) is 35.7 Å². The van der Waals surface area contributed by atoms with Crippen molar-refractivity contribution in [3.63, 3.8) is 0 Å². The summed E-state index contributed by atoms with van der Waals surface area (Å²) in [5, 5.41) is 5.75. The second kappa shape index (κ2) is 9.50. The molecular weight excluding hydrogens is 342 g/mol. The Bertz CT molecular complexity index is 583. The lowest BCUT2D eigenvalue weighted by Crippen LogP contribution is -2.52. The Kier molecular flexibility index (Phi) is 7.36. The number of hydrogen-bond donors (Lipinski definition) is 2. The van der Waals surface area contributed by atoms with Crippen LogP contribution in [0.1, 0.15) is 36.7 Å². The topological polar surface area (TPSA) is 91.7 Å². The molecule has 1 atom stereocenters. The predicted molar refractivity (Wildman–Crippen MR) is 96.4 cm³/mol. The van der Waals surface area contributed by atoms with E-state index in [0.717, 1.165) is 18.6 Å². The number of nitrogens with zero attached hydrogens (tertiary/aromatic N) is 1. The van der Waals surface area contributed by atoms with Gasteiger partial charge in [0.15, 0.2) is 5.76 Å². The summed E-state index contributed by atoms with van der Waals surface area (Å²) in [5.41, 5.74) is 0. The van der Waals surface area contributed by atoms with E-state index in [1.165, 1.54) is 6.26 Å². The van der Waals surface area contributed by atoms with Crippen LogP contribution in [0.15, 0.2) is 22.8 Å². The molecular formula is C17H25N3O4S. The average molecular weight is 367 g/mol. The second-order valence-electron chi connectivity index (χ2n) is 6.07. The first-order chi connectivity index (χ1) is 12.0. The van der Waals surface area contributed by atoms with Gasteiger partial charge in [-0.15, -0.1) is 0 Å². The molecule has 2 N–H and O–H groups in total. The number of amides is 3. The standard InChI is InChI=1S/C17H25N3O4S/c1-12(21)20-8-5-13(6-9-20)18-16(22)14(7-11-25-2)19-17(23)15-4-3-10-24-15/h3-4,10,13-14H,5-9,11H2,1-2H3,(H,18,22)(H,19,23)/t14-/m1/s1. The predicted octanol–water partition coefficient (Wildman–Crippen LogP) is 1.26. The molecule has 1 fully saturated rings. The maximum atomic E-state index is 12.6. The third-order valence-electron chi connectivity index (χ3n) is 4.26. The Morgan fingerprint density at radius 3 is 2.64 bits per heavy atom. The van der Waals surface area contributed by atoms with Gasteiger partial charge in [0.25, 0.3) is 5.91 Å². The van der Waals surface area contributed by atoms with Gasteiger partial charge in [0.05, 0.1) is 6.26 Å². The van der Waals surface area contributed by atoms with Gasteiger partial charge in [0.2, 0.25) is 11.8 Å². The summed E-state index contributed by atoms with van der Waals surface area (Å²) in [5.74, 6) is 0.442. The summed E-state index contributed by atoms with van der Waals surface area (Å²) >= 11 is 1.62. The maximum Gasteiger partial charge on any atom is 0.287 e. The zero-order chi connectivity index (χ0) is 18.2. The fourth-order valence-electron chi connectivity index (χ4n) is 2.78. The Balaban J connectivity index is 1.89. The van der Waals surface area contributed by atoms with Gasteiger partial charge in [0.1, 0.15) is 6.04 Å². The summed E-state index contributed by atoms with van der Waals surface area (Å²) in [6.45, 7) is 2.85. The average Bonchev–Trinajstić information content (AvgIpc) is 3.13. The molecule has 0 unspecified atom stereocenters. The number of hydrogen-bond acceptors (Lipinski definition) is 5. The van der Waals surface area contributed by atoms with Gasteiger partial charge < -0.3 is 20.0 Å². The van der Waals surface area contributed by atoms with Crippen LogP contribution in [-0.2, 0) is 9.59 Å². The van der Waals surface area contributed by atoms with Gasteiger partial charge >= 0.3 is 0 Å². The SMILES string of the molecule is CSCC[C@@H](NC(=O)c1ccco1)C(=O)NC1CCN(C(C)=O)CC1. The molecule has 1 aromatic heterocycles. The van der Waals surface area contributed by atoms with Crippen molar-refractivity contribution in [3.8, 4) is 0 Å². The summed E-state index contributed by atoms with van der Waals surface area (Å²) in [7, 11) is 0. The number of nitrogens with one attached hydrogen (secondary N) is 2. The highest BCUT2D eigenvalue weighted by Crippen LogP contribution is 2.12. The van der Waals surface area contributed by atoms with Crippen LogP contribution in [0.3, 0.4) is 0 Å². The molecule has 25 heavy (non-hydrogen) atoms. The fraction of sp³-hybridized carbons (Fsp3) is 0.588. The minimum absolute atomic E-state index is 0.0281. The third-order valence-corrected chi connectivity index (χ3v) is 4.91. The summed E-state index contributed by atoms with van der Waals surface area (Å²) in [4.78, 5) is 37.9. The van der Waals surface area contributed by atoms with Crippen molar-refractivity contribution in [2.75, 3.05) is 25.1 Å². The highest BCUT2D eigenvalue weighted by atomic mass is 32.2. The Labute approximate surface area is 151 Å². The highest BCUT2D eigenvalue weighted by molar-refractivity contribution is 7.98. The summed E-state index contributed by atoms with van der Waals surface area (Å²) in [6, 6.07) is 2.63. The van der Waals surface area contributed by atoms with Crippen LogP contribution in [0.5, 0.6) is 0 Å². The molecule has 1 aromatic rings. The van der Waals surface area contributed by atoms with Crippen LogP contribution in [0.2, 0.25) is 0 Å². The molecule has 0 saturated carbocycles. The Morgan fingerprint density at radius 1 is 1.36 bits per heavy atom. The number of carbonyl (C=O) groups excluding carboxylic acids is 3. The van der Waals surface area contributed by atoms with E-state index in [4.69, 9.17) is 4.42 Å². The molecule has 3 amide bonds. The monoisotopic (exact) mass is 367 g/mol. The minimum Gasteiger partial charge on any atom is -0.459 e. The first kappa shape index (κ1) is 19.4. The molecule has 7 nitrogen and oxygen atoms in total. The van der Waals surface area contributed by atoms with Crippen LogP contribution >= 0.6 is 11.8 Å². The quantitative estimate of drug-likeness (QED) is 0.757. The van der Waals surface area contributed by atoms with E-state index in [-0.39, 0.29) is 23.6 Å². The van der Waals surface area contributed by atoms with Crippen molar-refractivity contribution < 1.29 is 18.8 Å². The molecule has 2 heterocycles. The number of thioether (sulfide) groups is 1. The molecule has 0 spiro atoms. The summed E-state index contributed by atoms with van der Waals surface area (Å²) < 4.78 is 5.08. The first-order valence-electron chi connectivity index (χ1n) is 8.40. The third kappa shape index (κ3) is 5.81. The van der Waals surface area contributed by atoms with E-state index < -0.39 is 11.9 Å². The van der Waals surface area contributed by atoms with Gasteiger partial charge in [-0.25, -0.2) is 0 Å². The molecule has 8 heteroatoms. The van der Waals surface area contributed by atoms with Gasteiger partial charge in [-0.3, -0.25) is 14.4 Å². The van der Waals surface area contributed by atoms with Gasteiger partial charge in [-0.05, 0) is 43.4 Å².